The molecule has 0 radical (unpaired) electrons. The number of benzene rings is 2. The molecule has 1 saturated carbocycles. The Labute approximate surface area is 130 Å². The second kappa shape index (κ2) is 6.60. The molecule has 22 heavy (non-hydrogen) atoms. The minimum atomic E-state index is -0.577. The smallest absolute Gasteiger partial charge is 0.280 e. The average Bonchev–Trinajstić information content (AvgIpc) is 3.06. The third-order valence-electron chi connectivity index (χ3n) is 3.91. The van der Waals surface area contributed by atoms with Crippen LogP contribution < -0.4 is 10.2 Å². The van der Waals surface area contributed by atoms with Crippen molar-refractivity contribution in [1.29, 1.82) is 0 Å². The normalized spacial score (nSPS) is 15.6. The van der Waals surface area contributed by atoms with Crippen LogP contribution in [0.1, 0.15) is 32.6 Å². The fourth-order valence-corrected chi connectivity index (χ4v) is 2.62. The van der Waals surface area contributed by atoms with Crippen molar-refractivity contribution in [2.75, 3.05) is 0 Å². The largest absolute Gasteiger partial charge is 0.481 e. The predicted octanol–water partition coefficient (Wildman–Crippen LogP) is 3.65. The van der Waals surface area contributed by atoms with E-state index in [2.05, 4.69) is 10.5 Å². The van der Waals surface area contributed by atoms with E-state index in [0.717, 1.165) is 42.2 Å². The molecule has 0 saturated heterocycles. The Morgan fingerprint density at radius 1 is 1.14 bits per heavy atom. The van der Waals surface area contributed by atoms with Crippen LogP contribution in [0.15, 0.2) is 47.6 Å². The molecule has 0 bridgehead atoms. The van der Waals surface area contributed by atoms with Crippen molar-refractivity contribution in [3.05, 3.63) is 42.5 Å². The van der Waals surface area contributed by atoms with Crippen molar-refractivity contribution in [3.63, 3.8) is 0 Å². The molecule has 2 aromatic rings. The molecule has 0 heterocycles. The van der Waals surface area contributed by atoms with Gasteiger partial charge in [0.2, 0.25) is 0 Å². The number of carbonyl (C=O) groups is 1. The van der Waals surface area contributed by atoms with Crippen LogP contribution >= 0.6 is 0 Å². The number of hydrogen-bond donors (Lipinski definition) is 1. The molecule has 1 amide bonds. The monoisotopic (exact) mass is 296 g/mol. The predicted molar refractivity (Wildman–Crippen MR) is 88.1 cm³/mol. The molecule has 1 aliphatic rings. The molecular formula is C18H20N2O2. The van der Waals surface area contributed by atoms with Gasteiger partial charge in [-0.3, -0.25) is 4.79 Å². The van der Waals surface area contributed by atoms with Gasteiger partial charge in [-0.2, -0.15) is 5.10 Å². The van der Waals surface area contributed by atoms with Gasteiger partial charge in [-0.1, -0.05) is 30.3 Å². The van der Waals surface area contributed by atoms with E-state index in [4.69, 9.17) is 4.74 Å². The SMILES string of the molecule is C[C@@H](Oc1ccc2ccccc2c1)C(=O)NN=C1CCCC1. The number of nitrogens with one attached hydrogen (secondary N) is 1. The Hall–Kier alpha value is -2.36. The van der Waals surface area contributed by atoms with Crippen molar-refractivity contribution >= 4 is 22.4 Å². The summed E-state index contributed by atoms with van der Waals surface area (Å²) in [6.45, 7) is 1.74. The molecule has 1 N–H and O–H groups in total. The highest BCUT2D eigenvalue weighted by Gasteiger charge is 2.15. The van der Waals surface area contributed by atoms with Gasteiger partial charge in [0.1, 0.15) is 5.75 Å². The summed E-state index contributed by atoms with van der Waals surface area (Å²) in [5.74, 6) is 0.474. The van der Waals surface area contributed by atoms with Crippen LogP contribution in [0.5, 0.6) is 5.75 Å². The van der Waals surface area contributed by atoms with Crippen LogP contribution in [0.3, 0.4) is 0 Å². The zero-order valence-electron chi connectivity index (χ0n) is 12.7. The van der Waals surface area contributed by atoms with Crippen LogP contribution in [0.25, 0.3) is 10.8 Å². The molecule has 0 aromatic heterocycles. The number of amides is 1. The highest BCUT2D eigenvalue weighted by atomic mass is 16.5. The minimum absolute atomic E-state index is 0.215. The zero-order valence-corrected chi connectivity index (χ0v) is 12.7. The van der Waals surface area contributed by atoms with Gasteiger partial charge in [-0.05, 0) is 55.5 Å². The fraction of sp³-hybridized carbons (Fsp3) is 0.333. The van der Waals surface area contributed by atoms with Gasteiger partial charge in [-0.15, -0.1) is 0 Å². The van der Waals surface area contributed by atoms with Gasteiger partial charge in [0.25, 0.3) is 5.91 Å². The third kappa shape index (κ3) is 3.45. The molecular weight excluding hydrogens is 276 g/mol. The first-order valence-electron chi connectivity index (χ1n) is 7.73. The molecule has 1 fully saturated rings. The maximum absolute atomic E-state index is 12.0. The van der Waals surface area contributed by atoms with E-state index >= 15 is 0 Å². The summed E-state index contributed by atoms with van der Waals surface area (Å²) in [5, 5.41) is 6.42. The quantitative estimate of drug-likeness (QED) is 0.875. The van der Waals surface area contributed by atoms with Gasteiger partial charge < -0.3 is 4.74 Å². The fourth-order valence-electron chi connectivity index (χ4n) is 2.62. The molecule has 1 atom stereocenters. The third-order valence-corrected chi connectivity index (χ3v) is 3.91. The average molecular weight is 296 g/mol. The summed E-state index contributed by atoms with van der Waals surface area (Å²) in [6, 6.07) is 13.9. The minimum Gasteiger partial charge on any atom is -0.481 e. The van der Waals surface area contributed by atoms with E-state index in [1.54, 1.807) is 6.92 Å². The summed E-state index contributed by atoms with van der Waals surface area (Å²) >= 11 is 0. The van der Waals surface area contributed by atoms with Gasteiger partial charge in [0, 0.05) is 5.71 Å². The van der Waals surface area contributed by atoms with Crippen LogP contribution in [-0.4, -0.2) is 17.7 Å². The molecule has 4 nitrogen and oxygen atoms in total. The number of fused-ring (bicyclic) bond motifs is 1. The van der Waals surface area contributed by atoms with Crippen molar-refractivity contribution in [3.8, 4) is 5.75 Å². The lowest BCUT2D eigenvalue weighted by molar-refractivity contribution is -0.127. The summed E-state index contributed by atoms with van der Waals surface area (Å²) in [7, 11) is 0. The molecule has 2 aromatic carbocycles. The van der Waals surface area contributed by atoms with Gasteiger partial charge in [-0.25, -0.2) is 5.43 Å². The summed E-state index contributed by atoms with van der Waals surface area (Å²) < 4.78 is 5.72. The number of carbonyl (C=O) groups excluding carboxylic acids is 1. The molecule has 1 aliphatic carbocycles. The van der Waals surface area contributed by atoms with E-state index in [9.17, 15) is 4.79 Å². The van der Waals surface area contributed by atoms with Gasteiger partial charge in [0.05, 0.1) is 0 Å². The number of rotatable bonds is 4. The van der Waals surface area contributed by atoms with E-state index < -0.39 is 6.10 Å². The Morgan fingerprint density at radius 3 is 2.64 bits per heavy atom. The molecule has 4 heteroatoms. The summed E-state index contributed by atoms with van der Waals surface area (Å²) in [6.07, 6.45) is 3.72. The Kier molecular flexibility index (Phi) is 4.37. The molecule has 114 valence electrons. The number of hydrogen-bond acceptors (Lipinski definition) is 3. The van der Waals surface area contributed by atoms with E-state index in [1.165, 1.54) is 0 Å². The first-order valence-corrected chi connectivity index (χ1v) is 7.73. The van der Waals surface area contributed by atoms with Crippen LogP contribution in [0, 0.1) is 0 Å². The topological polar surface area (TPSA) is 50.7 Å². The Bertz CT molecular complexity index is 701. The molecule has 0 aliphatic heterocycles. The van der Waals surface area contributed by atoms with Crippen LogP contribution in [0.4, 0.5) is 0 Å². The first kappa shape index (κ1) is 14.6. The highest BCUT2D eigenvalue weighted by molar-refractivity contribution is 5.88. The summed E-state index contributed by atoms with van der Waals surface area (Å²) in [4.78, 5) is 12.0. The molecule has 0 unspecified atom stereocenters. The van der Waals surface area contributed by atoms with Crippen LogP contribution in [0.2, 0.25) is 0 Å². The van der Waals surface area contributed by atoms with E-state index in [0.29, 0.717) is 5.75 Å². The van der Waals surface area contributed by atoms with Crippen molar-refractivity contribution in [2.24, 2.45) is 5.10 Å². The van der Waals surface area contributed by atoms with Crippen LogP contribution in [-0.2, 0) is 4.79 Å². The number of hydrazone groups is 1. The summed E-state index contributed by atoms with van der Waals surface area (Å²) in [5.41, 5.74) is 3.68. The maximum atomic E-state index is 12.0. The maximum Gasteiger partial charge on any atom is 0.280 e. The van der Waals surface area contributed by atoms with Gasteiger partial charge in [0.15, 0.2) is 6.10 Å². The van der Waals surface area contributed by atoms with Crippen molar-refractivity contribution < 1.29 is 9.53 Å². The molecule has 3 rings (SSSR count). The van der Waals surface area contributed by atoms with E-state index in [1.807, 2.05) is 42.5 Å². The van der Waals surface area contributed by atoms with Crippen molar-refractivity contribution in [2.45, 2.75) is 38.7 Å². The molecule has 0 spiro atoms. The van der Waals surface area contributed by atoms with Gasteiger partial charge >= 0.3 is 0 Å². The Morgan fingerprint density at radius 2 is 1.86 bits per heavy atom. The second-order valence-electron chi connectivity index (χ2n) is 5.63. The lowest BCUT2D eigenvalue weighted by Crippen LogP contribution is -2.33. The first-order chi connectivity index (χ1) is 10.7. The number of ether oxygens (including phenoxy) is 1. The lowest BCUT2D eigenvalue weighted by Gasteiger charge is -2.13. The highest BCUT2D eigenvalue weighted by Crippen LogP contribution is 2.21. The lowest BCUT2D eigenvalue weighted by atomic mass is 10.1. The Balaban J connectivity index is 1.63. The standard InChI is InChI=1S/C18H20N2O2/c1-13(18(21)20-19-16-8-4-5-9-16)22-17-11-10-14-6-2-3-7-15(14)12-17/h2-3,6-7,10-13H,4-5,8-9H2,1H3,(H,20,21)/t13-/m1/s1. The number of nitrogens with zero attached hydrogens (tertiary/aromatic N) is 1. The van der Waals surface area contributed by atoms with Crippen molar-refractivity contribution in [1.82, 2.24) is 5.43 Å². The zero-order chi connectivity index (χ0) is 15.4. The second-order valence-corrected chi connectivity index (χ2v) is 5.63. The van der Waals surface area contributed by atoms with E-state index in [-0.39, 0.29) is 5.91 Å².